The van der Waals surface area contributed by atoms with E-state index in [2.05, 4.69) is 15.2 Å². The zero-order chi connectivity index (χ0) is 19.9. The first-order valence-electron chi connectivity index (χ1n) is 8.52. The number of ether oxygens (including phenoxy) is 1. The second-order valence-corrected chi connectivity index (χ2v) is 8.32. The third-order valence-electron chi connectivity index (χ3n) is 4.59. The summed E-state index contributed by atoms with van der Waals surface area (Å²) >= 11 is 0. The Bertz CT molecular complexity index is 1110. The van der Waals surface area contributed by atoms with Crippen molar-refractivity contribution in [1.29, 1.82) is 0 Å². The number of hydrogen-bond acceptors (Lipinski definition) is 7. The predicted molar refractivity (Wildman–Crippen MR) is 94.9 cm³/mol. The molecule has 1 aromatic carbocycles. The van der Waals surface area contributed by atoms with Gasteiger partial charge in [-0.15, -0.1) is 0 Å². The molecule has 0 unspecified atom stereocenters. The van der Waals surface area contributed by atoms with Crippen molar-refractivity contribution in [3.63, 3.8) is 0 Å². The third kappa shape index (κ3) is 3.21. The molecule has 2 aromatic heterocycles. The molecule has 3 aromatic rings. The van der Waals surface area contributed by atoms with Crippen LogP contribution in [0.3, 0.4) is 0 Å². The molecule has 0 amide bonds. The summed E-state index contributed by atoms with van der Waals surface area (Å²) in [5.41, 5.74) is 1.93. The quantitative estimate of drug-likeness (QED) is 0.610. The van der Waals surface area contributed by atoms with Crippen molar-refractivity contribution in [2.45, 2.75) is 24.4 Å². The highest BCUT2D eigenvalue weighted by Gasteiger charge is 2.36. The first-order chi connectivity index (χ1) is 13.4. The van der Waals surface area contributed by atoms with Crippen LogP contribution in [-0.4, -0.2) is 46.4 Å². The number of aromatic nitrogens is 4. The lowest BCUT2D eigenvalue weighted by atomic mass is 10.2. The van der Waals surface area contributed by atoms with Gasteiger partial charge in [-0.05, 0) is 24.3 Å². The number of benzene rings is 1. The molecule has 1 aliphatic heterocycles. The summed E-state index contributed by atoms with van der Waals surface area (Å²) in [5, 5.41) is 8.32. The smallest absolute Gasteiger partial charge is 0.278 e. The van der Waals surface area contributed by atoms with Gasteiger partial charge in [-0.3, -0.25) is 4.68 Å². The van der Waals surface area contributed by atoms with E-state index in [0.717, 1.165) is 23.4 Å². The molecule has 9 nitrogen and oxygen atoms in total. The van der Waals surface area contributed by atoms with Gasteiger partial charge in [0.25, 0.3) is 5.89 Å². The lowest BCUT2D eigenvalue weighted by molar-refractivity contribution is 0.199. The molecule has 0 bridgehead atoms. The van der Waals surface area contributed by atoms with Crippen molar-refractivity contribution in [3.05, 3.63) is 47.2 Å². The number of nitrogens with zero attached hydrogens (tertiary/aromatic N) is 5. The Labute approximate surface area is 160 Å². The number of aryl methyl sites for hydroxylation is 1. The Kier molecular flexibility index (Phi) is 4.73. The third-order valence-corrected chi connectivity index (χ3v) is 6.39. The van der Waals surface area contributed by atoms with E-state index in [9.17, 15) is 12.8 Å². The van der Waals surface area contributed by atoms with Crippen molar-refractivity contribution in [2.75, 3.05) is 13.7 Å². The average Bonchev–Trinajstić information content (AvgIpc) is 3.37. The minimum Gasteiger partial charge on any atom is -0.384 e. The fourth-order valence-electron chi connectivity index (χ4n) is 3.11. The van der Waals surface area contributed by atoms with Crippen LogP contribution in [0.2, 0.25) is 0 Å². The van der Waals surface area contributed by atoms with E-state index < -0.39 is 15.8 Å². The number of methoxy groups -OCH3 is 1. The minimum atomic E-state index is -3.77. The van der Waals surface area contributed by atoms with Crippen molar-refractivity contribution in [3.8, 4) is 11.6 Å². The SMILES string of the molecule is COCCc1noc(-c2nn(C)c3c2CN(S(=O)(=O)c2ccc(F)cc2)C3)n1. The van der Waals surface area contributed by atoms with Crippen molar-refractivity contribution in [1.82, 2.24) is 24.2 Å². The van der Waals surface area contributed by atoms with E-state index in [1.807, 2.05) is 0 Å². The van der Waals surface area contributed by atoms with Crippen LogP contribution in [0.15, 0.2) is 33.7 Å². The van der Waals surface area contributed by atoms with Gasteiger partial charge in [0.2, 0.25) is 10.0 Å². The number of fused-ring (bicyclic) bond motifs is 1. The fraction of sp³-hybridized carbons (Fsp3) is 0.353. The highest BCUT2D eigenvalue weighted by molar-refractivity contribution is 7.89. The van der Waals surface area contributed by atoms with Gasteiger partial charge in [0.15, 0.2) is 11.5 Å². The van der Waals surface area contributed by atoms with Gasteiger partial charge in [0.1, 0.15) is 5.82 Å². The standard InChI is InChI=1S/C17H18FN5O4S/c1-22-14-10-23(28(24,25)12-5-3-11(18)4-6-12)9-13(14)16(20-22)17-19-15(21-27-17)7-8-26-2/h3-6H,7-10H2,1-2H3. The molecule has 0 N–H and O–H groups in total. The van der Waals surface area contributed by atoms with E-state index in [1.54, 1.807) is 18.8 Å². The molecule has 148 valence electrons. The molecule has 3 heterocycles. The number of sulfonamides is 1. The maximum absolute atomic E-state index is 13.1. The topological polar surface area (TPSA) is 103 Å². The summed E-state index contributed by atoms with van der Waals surface area (Å²) in [6.45, 7) is 0.736. The second kappa shape index (κ2) is 7.08. The van der Waals surface area contributed by atoms with Crippen molar-refractivity contribution < 1.29 is 22.1 Å². The molecule has 0 saturated carbocycles. The summed E-state index contributed by atoms with van der Waals surface area (Å²) in [6, 6.07) is 4.77. The minimum absolute atomic E-state index is 0.0378. The maximum Gasteiger partial charge on any atom is 0.278 e. The summed E-state index contributed by atoms with van der Waals surface area (Å²) < 4.78 is 52.2. The van der Waals surface area contributed by atoms with E-state index >= 15 is 0 Å². The molecular weight excluding hydrogens is 389 g/mol. The first-order valence-corrected chi connectivity index (χ1v) is 9.96. The average molecular weight is 407 g/mol. The summed E-state index contributed by atoms with van der Waals surface area (Å²) in [7, 11) is -0.452. The van der Waals surface area contributed by atoms with Gasteiger partial charge < -0.3 is 9.26 Å². The Morgan fingerprint density at radius 3 is 2.71 bits per heavy atom. The van der Waals surface area contributed by atoms with Crippen LogP contribution in [0.25, 0.3) is 11.6 Å². The Hall–Kier alpha value is -2.63. The maximum atomic E-state index is 13.1. The largest absolute Gasteiger partial charge is 0.384 e. The van der Waals surface area contributed by atoms with Gasteiger partial charge in [-0.25, -0.2) is 12.8 Å². The monoisotopic (exact) mass is 407 g/mol. The van der Waals surface area contributed by atoms with Gasteiger partial charge in [0.05, 0.1) is 23.7 Å². The molecule has 0 spiro atoms. The van der Waals surface area contributed by atoms with Crippen molar-refractivity contribution >= 4 is 10.0 Å². The lowest BCUT2D eigenvalue weighted by Gasteiger charge is -2.16. The Morgan fingerprint density at radius 1 is 1.25 bits per heavy atom. The molecule has 0 saturated heterocycles. The molecule has 0 radical (unpaired) electrons. The van der Waals surface area contributed by atoms with Crippen LogP contribution in [0.5, 0.6) is 0 Å². The Morgan fingerprint density at radius 2 is 2.00 bits per heavy atom. The second-order valence-electron chi connectivity index (χ2n) is 6.38. The molecule has 4 rings (SSSR count). The van der Waals surface area contributed by atoms with Crippen LogP contribution in [0.1, 0.15) is 17.1 Å². The van der Waals surface area contributed by atoms with Gasteiger partial charge in [0, 0.05) is 32.7 Å². The molecular formula is C17H18FN5O4S. The number of rotatable bonds is 6. The van der Waals surface area contributed by atoms with E-state index in [4.69, 9.17) is 9.26 Å². The van der Waals surface area contributed by atoms with E-state index in [1.165, 1.54) is 16.4 Å². The molecule has 0 fully saturated rings. The zero-order valence-electron chi connectivity index (χ0n) is 15.3. The molecule has 28 heavy (non-hydrogen) atoms. The molecule has 11 heteroatoms. The number of hydrogen-bond donors (Lipinski definition) is 0. The Balaban J connectivity index is 1.63. The normalized spacial score (nSPS) is 14.5. The number of halogens is 1. The van der Waals surface area contributed by atoms with E-state index in [-0.39, 0.29) is 23.9 Å². The summed E-state index contributed by atoms with van der Waals surface area (Å²) in [6.07, 6.45) is 0.500. The lowest BCUT2D eigenvalue weighted by Crippen LogP contribution is -2.26. The predicted octanol–water partition coefficient (Wildman–Crippen LogP) is 1.50. The van der Waals surface area contributed by atoms with Crippen LogP contribution >= 0.6 is 0 Å². The van der Waals surface area contributed by atoms with Crippen LogP contribution < -0.4 is 0 Å². The summed E-state index contributed by atoms with van der Waals surface area (Å²) in [5.74, 6) is 0.241. The van der Waals surface area contributed by atoms with Gasteiger partial charge in [-0.1, -0.05) is 5.16 Å². The fourth-order valence-corrected chi connectivity index (χ4v) is 4.48. The molecule has 0 aliphatic carbocycles. The first kappa shape index (κ1) is 18.7. The van der Waals surface area contributed by atoms with Gasteiger partial charge in [-0.2, -0.15) is 14.4 Å². The van der Waals surface area contributed by atoms with Gasteiger partial charge >= 0.3 is 0 Å². The van der Waals surface area contributed by atoms with E-state index in [0.29, 0.717) is 24.5 Å². The van der Waals surface area contributed by atoms with Crippen LogP contribution in [-0.2, 0) is 41.3 Å². The zero-order valence-corrected chi connectivity index (χ0v) is 16.1. The molecule has 1 aliphatic rings. The summed E-state index contributed by atoms with van der Waals surface area (Å²) in [4.78, 5) is 4.36. The van der Waals surface area contributed by atoms with Crippen LogP contribution in [0, 0.1) is 5.82 Å². The molecule has 0 atom stereocenters. The van der Waals surface area contributed by atoms with Crippen LogP contribution in [0.4, 0.5) is 4.39 Å². The highest BCUT2D eigenvalue weighted by Crippen LogP contribution is 2.34. The van der Waals surface area contributed by atoms with Crippen molar-refractivity contribution in [2.24, 2.45) is 7.05 Å². The highest BCUT2D eigenvalue weighted by atomic mass is 32.2.